The molecule has 0 aliphatic rings. The zero-order valence-electron chi connectivity index (χ0n) is 7.73. The second-order valence-electron chi connectivity index (χ2n) is 3.08. The highest BCUT2D eigenvalue weighted by Crippen LogP contribution is 2.10. The van der Waals surface area contributed by atoms with E-state index >= 15 is 0 Å². The van der Waals surface area contributed by atoms with Crippen molar-refractivity contribution in [3.63, 3.8) is 0 Å². The van der Waals surface area contributed by atoms with E-state index in [9.17, 15) is 14.8 Å². The van der Waals surface area contributed by atoms with Gasteiger partial charge in [-0.2, -0.15) is 0 Å². The smallest absolute Gasteiger partial charge is 0.352 e. The molecule has 2 aromatic rings. The Balaban J connectivity index is 2.88. The van der Waals surface area contributed by atoms with Crippen LogP contribution in [0.25, 0.3) is 11.0 Å². The van der Waals surface area contributed by atoms with Gasteiger partial charge in [0.1, 0.15) is 5.52 Å². The number of nitrogens with zero attached hydrogens (tertiary/aromatic N) is 1. The van der Waals surface area contributed by atoms with Crippen molar-refractivity contribution in [3.05, 3.63) is 44.5 Å². The first-order valence-corrected chi connectivity index (χ1v) is 4.57. The van der Waals surface area contributed by atoms with Gasteiger partial charge in [0, 0.05) is 6.07 Å². The molecule has 0 fully saturated rings. The largest absolute Gasteiger partial charge is 0.617 e. The molecule has 0 unspecified atom stereocenters. The van der Waals surface area contributed by atoms with Crippen LogP contribution in [0.1, 0.15) is 10.4 Å². The first-order valence-electron chi connectivity index (χ1n) is 4.19. The maximum Gasteiger partial charge on any atom is 0.352 e. The summed E-state index contributed by atoms with van der Waals surface area (Å²) < 4.78 is 0.197. The standard InChI is InChI=1S/C9H5ClN2O4/c10-7-8(13)11-5-2-1-4(9(14)15)3-6(5)12(7)16/h1-3H,(H,11,13)(H,14,15). The zero-order valence-corrected chi connectivity index (χ0v) is 8.49. The van der Waals surface area contributed by atoms with Crippen LogP contribution in [0, 0.1) is 5.21 Å². The summed E-state index contributed by atoms with van der Waals surface area (Å²) >= 11 is 5.45. The molecule has 0 spiro atoms. The molecular weight excluding hydrogens is 236 g/mol. The molecule has 0 bridgehead atoms. The number of aromatic amines is 1. The van der Waals surface area contributed by atoms with E-state index in [0.29, 0.717) is 0 Å². The van der Waals surface area contributed by atoms with Gasteiger partial charge in [-0.25, -0.2) is 4.79 Å². The van der Waals surface area contributed by atoms with E-state index in [1.54, 1.807) is 0 Å². The van der Waals surface area contributed by atoms with Crippen molar-refractivity contribution in [2.75, 3.05) is 0 Å². The first kappa shape index (κ1) is 10.4. The molecule has 6 nitrogen and oxygen atoms in total. The number of hydrogen-bond acceptors (Lipinski definition) is 3. The number of halogens is 1. The zero-order chi connectivity index (χ0) is 11.9. The van der Waals surface area contributed by atoms with Crippen molar-refractivity contribution in [2.24, 2.45) is 0 Å². The third kappa shape index (κ3) is 1.49. The van der Waals surface area contributed by atoms with Gasteiger partial charge in [0.2, 0.25) is 5.52 Å². The number of aromatic nitrogens is 2. The lowest BCUT2D eigenvalue weighted by Crippen LogP contribution is -2.35. The van der Waals surface area contributed by atoms with E-state index in [4.69, 9.17) is 16.7 Å². The van der Waals surface area contributed by atoms with E-state index in [-0.39, 0.29) is 21.3 Å². The summed E-state index contributed by atoms with van der Waals surface area (Å²) in [5.74, 6) is -1.16. The number of carboxylic acids is 1. The average molecular weight is 241 g/mol. The normalized spacial score (nSPS) is 10.6. The van der Waals surface area contributed by atoms with Crippen molar-refractivity contribution in [2.45, 2.75) is 0 Å². The number of benzene rings is 1. The fourth-order valence-electron chi connectivity index (χ4n) is 1.31. The summed E-state index contributed by atoms with van der Waals surface area (Å²) in [7, 11) is 0. The number of nitrogens with one attached hydrogen (secondary N) is 1. The monoisotopic (exact) mass is 240 g/mol. The number of fused-ring (bicyclic) bond motifs is 1. The van der Waals surface area contributed by atoms with Gasteiger partial charge in [0.05, 0.1) is 5.56 Å². The molecule has 82 valence electrons. The third-order valence-electron chi connectivity index (χ3n) is 2.08. The summed E-state index contributed by atoms with van der Waals surface area (Å²) in [5, 5.41) is 19.7. The Labute approximate surface area is 93.3 Å². The van der Waals surface area contributed by atoms with Gasteiger partial charge in [-0.1, -0.05) is 0 Å². The summed E-state index contributed by atoms with van der Waals surface area (Å²) in [5.41, 5.74) is -0.536. The van der Waals surface area contributed by atoms with E-state index in [1.807, 2.05) is 0 Å². The van der Waals surface area contributed by atoms with Gasteiger partial charge >= 0.3 is 16.7 Å². The Morgan fingerprint density at radius 2 is 2.19 bits per heavy atom. The predicted octanol–water partition coefficient (Wildman–Crippen LogP) is 0.513. The van der Waals surface area contributed by atoms with Crippen LogP contribution in [0.5, 0.6) is 0 Å². The highest BCUT2D eigenvalue weighted by Gasteiger charge is 2.15. The van der Waals surface area contributed by atoms with Crippen LogP contribution < -0.4 is 10.3 Å². The second-order valence-corrected chi connectivity index (χ2v) is 3.43. The highest BCUT2D eigenvalue weighted by molar-refractivity contribution is 6.28. The van der Waals surface area contributed by atoms with Crippen molar-refractivity contribution in [1.82, 2.24) is 4.98 Å². The molecule has 0 radical (unpaired) electrons. The SMILES string of the molecule is O=C(O)c1ccc2[nH]c(=O)c(Cl)[n+]([O-])c2c1. The minimum Gasteiger partial charge on any atom is -0.617 e. The fraction of sp³-hybridized carbons (Fsp3) is 0. The van der Waals surface area contributed by atoms with Crippen molar-refractivity contribution in [3.8, 4) is 0 Å². The van der Waals surface area contributed by atoms with Crippen LogP contribution in [-0.4, -0.2) is 16.1 Å². The minimum atomic E-state index is -1.16. The van der Waals surface area contributed by atoms with E-state index in [1.165, 1.54) is 12.1 Å². The summed E-state index contributed by atoms with van der Waals surface area (Å²) in [6, 6.07) is 3.77. The number of carbonyl (C=O) groups is 1. The fourth-order valence-corrected chi connectivity index (χ4v) is 1.45. The molecule has 0 amide bonds. The molecule has 0 aliphatic carbocycles. The number of carboxylic acid groups (broad SMARTS) is 1. The highest BCUT2D eigenvalue weighted by atomic mass is 35.5. The molecule has 7 heteroatoms. The number of aromatic carboxylic acids is 1. The Kier molecular flexibility index (Phi) is 2.28. The average Bonchev–Trinajstić information content (AvgIpc) is 2.25. The van der Waals surface area contributed by atoms with E-state index in [0.717, 1.165) is 6.07 Å². The summed E-state index contributed by atoms with van der Waals surface area (Å²) in [6.45, 7) is 0. The van der Waals surface area contributed by atoms with Gasteiger partial charge in [-0.3, -0.25) is 4.79 Å². The number of rotatable bonds is 1. The Hall–Kier alpha value is -2.08. The molecule has 16 heavy (non-hydrogen) atoms. The van der Waals surface area contributed by atoms with Gasteiger partial charge in [0.15, 0.2) is 0 Å². The Bertz CT molecular complexity index is 650. The van der Waals surface area contributed by atoms with Crippen LogP contribution in [0.15, 0.2) is 23.0 Å². The lowest BCUT2D eigenvalue weighted by molar-refractivity contribution is -0.575. The Morgan fingerprint density at radius 1 is 1.50 bits per heavy atom. The van der Waals surface area contributed by atoms with Crippen LogP contribution in [0.4, 0.5) is 0 Å². The van der Waals surface area contributed by atoms with Crippen molar-refractivity contribution < 1.29 is 14.6 Å². The quantitative estimate of drug-likeness (QED) is 0.561. The number of hydrogen-bond donors (Lipinski definition) is 2. The minimum absolute atomic E-state index is 0.00417. The third-order valence-corrected chi connectivity index (χ3v) is 2.40. The molecular formula is C9H5ClN2O4. The molecule has 1 aromatic heterocycles. The molecule has 0 saturated carbocycles. The van der Waals surface area contributed by atoms with Gasteiger partial charge in [-0.15, -0.1) is 4.73 Å². The van der Waals surface area contributed by atoms with E-state index < -0.39 is 16.7 Å². The van der Waals surface area contributed by atoms with Crippen LogP contribution in [-0.2, 0) is 0 Å². The second kappa shape index (κ2) is 3.49. The molecule has 0 atom stereocenters. The Morgan fingerprint density at radius 3 is 2.81 bits per heavy atom. The lowest BCUT2D eigenvalue weighted by atomic mass is 10.2. The molecule has 1 heterocycles. The van der Waals surface area contributed by atoms with Gasteiger partial charge < -0.3 is 15.3 Å². The molecule has 2 rings (SSSR count). The van der Waals surface area contributed by atoms with Crippen LogP contribution in [0.3, 0.4) is 0 Å². The van der Waals surface area contributed by atoms with E-state index in [2.05, 4.69) is 4.98 Å². The molecule has 2 N–H and O–H groups in total. The van der Waals surface area contributed by atoms with Crippen molar-refractivity contribution in [1.29, 1.82) is 0 Å². The van der Waals surface area contributed by atoms with Gasteiger partial charge in [-0.05, 0) is 23.7 Å². The molecule has 0 saturated heterocycles. The van der Waals surface area contributed by atoms with Crippen LogP contribution in [0.2, 0.25) is 5.15 Å². The lowest BCUT2D eigenvalue weighted by Gasteiger charge is -2.03. The maximum absolute atomic E-state index is 11.5. The van der Waals surface area contributed by atoms with Gasteiger partial charge in [0.25, 0.3) is 0 Å². The topological polar surface area (TPSA) is 97.1 Å². The predicted molar refractivity (Wildman–Crippen MR) is 55.5 cm³/mol. The summed E-state index contributed by atoms with van der Waals surface area (Å²) in [4.78, 5) is 24.2. The van der Waals surface area contributed by atoms with Crippen LogP contribution >= 0.6 is 11.6 Å². The molecule has 1 aromatic carbocycles. The van der Waals surface area contributed by atoms with Crippen molar-refractivity contribution >= 4 is 28.6 Å². The first-order chi connectivity index (χ1) is 7.50. The maximum atomic E-state index is 11.5. The number of H-pyrrole nitrogens is 1. The molecule has 0 aliphatic heterocycles. The summed E-state index contributed by atoms with van der Waals surface area (Å²) in [6.07, 6.45) is 0.